The van der Waals surface area contributed by atoms with Crippen molar-refractivity contribution in [2.24, 2.45) is 0 Å². The molecule has 0 bridgehead atoms. The summed E-state index contributed by atoms with van der Waals surface area (Å²) in [6, 6.07) is 4.16. The van der Waals surface area contributed by atoms with Crippen LogP contribution in [0.4, 0.5) is 0 Å². The predicted octanol–water partition coefficient (Wildman–Crippen LogP) is 3.86. The van der Waals surface area contributed by atoms with E-state index in [4.69, 9.17) is 8.94 Å². The fourth-order valence-corrected chi connectivity index (χ4v) is 3.05. The lowest BCUT2D eigenvalue weighted by Gasteiger charge is -2.11. The van der Waals surface area contributed by atoms with Crippen LogP contribution in [0.5, 0.6) is 0 Å². The lowest BCUT2D eigenvalue weighted by Crippen LogP contribution is -2.19. The molecule has 0 amide bonds. The number of aromatic nitrogens is 2. The van der Waals surface area contributed by atoms with Gasteiger partial charge in [-0.15, -0.1) is 11.3 Å². The second-order valence-corrected chi connectivity index (χ2v) is 5.88. The second-order valence-electron chi connectivity index (χ2n) is 4.94. The molecular weight excluding hydrogens is 286 g/mol. The van der Waals surface area contributed by atoms with Crippen molar-refractivity contribution < 1.29 is 8.94 Å². The number of oxazole rings is 1. The van der Waals surface area contributed by atoms with Gasteiger partial charge in [-0.05, 0) is 32.2 Å². The fraction of sp³-hybridized carbons (Fsp3) is 0.333. The molecule has 3 aromatic rings. The Balaban J connectivity index is 1.66. The Hall–Kier alpha value is -1.92. The van der Waals surface area contributed by atoms with E-state index in [1.54, 1.807) is 17.5 Å². The first-order chi connectivity index (χ1) is 10.1. The maximum atomic E-state index is 5.75. The summed E-state index contributed by atoms with van der Waals surface area (Å²) in [5.41, 5.74) is 2.01. The van der Waals surface area contributed by atoms with E-state index >= 15 is 0 Å². The lowest BCUT2D eigenvalue weighted by atomic mass is 10.1. The molecule has 1 atom stereocenters. The Labute approximate surface area is 127 Å². The van der Waals surface area contributed by atoms with E-state index in [0.717, 1.165) is 27.7 Å². The monoisotopic (exact) mass is 303 g/mol. The summed E-state index contributed by atoms with van der Waals surface area (Å²) >= 11 is 1.64. The van der Waals surface area contributed by atoms with Gasteiger partial charge in [-0.2, -0.15) is 0 Å². The van der Waals surface area contributed by atoms with Crippen LogP contribution in [0.25, 0.3) is 10.6 Å². The molecule has 0 spiro atoms. The summed E-state index contributed by atoms with van der Waals surface area (Å²) in [6.45, 7) is 6.52. The van der Waals surface area contributed by atoms with Gasteiger partial charge in [-0.3, -0.25) is 0 Å². The van der Waals surface area contributed by atoms with Crippen LogP contribution < -0.4 is 5.32 Å². The molecule has 1 N–H and O–H groups in total. The first-order valence-corrected chi connectivity index (χ1v) is 7.68. The third kappa shape index (κ3) is 2.91. The van der Waals surface area contributed by atoms with Crippen molar-refractivity contribution in [1.29, 1.82) is 0 Å². The van der Waals surface area contributed by atoms with Crippen molar-refractivity contribution in [3.63, 3.8) is 0 Å². The van der Waals surface area contributed by atoms with Crippen molar-refractivity contribution in [3.8, 4) is 10.6 Å². The molecule has 5 nitrogen and oxygen atoms in total. The highest BCUT2D eigenvalue weighted by Crippen LogP contribution is 2.25. The molecule has 0 aliphatic rings. The molecule has 3 aromatic heterocycles. The largest absolute Gasteiger partial charge is 0.438 e. The van der Waals surface area contributed by atoms with E-state index in [1.165, 1.54) is 0 Å². The Bertz CT molecular complexity index is 696. The fourth-order valence-electron chi connectivity index (χ4n) is 2.38. The summed E-state index contributed by atoms with van der Waals surface area (Å²) in [7, 11) is 0. The highest BCUT2D eigenvalue weighted by atomic mass is 32.1. The van der Waals surface area contributed by atoms with Crippen LogP contribution in [-0.4, -0.2) is 10.1 Å². The average Bonchev–Trinajstić information content (AvgIpc) is 3.17. The summed E-state index contributed by atoms with van der Waals surface area (Å²) < 4.78 is 10.9. The maximum Gasteiger partial charge on any atom is 0.208 e. The molecule has 21 heavy (non-hydrogen) atoms. The third-order valence-corrected chi connectivity index (χ3v) is 4.28. The van der Waals surface area contributed by atoms with Gasteiger partial charge in [0, 0.05) is 11.6 Å². The SMILES string of the molecule is Cc1noc(C)c1[C@@H](C)NCc1ncc(-c2cccs2)o1. The van der Waals surface area contributed by atoms with Crippen LogP contribution in [0.2, 0.25) is 0 Å². The number of hydrogen-bond donors (Lipinski definition) is 1. The predicted molar refractivity (Wildman–Crippen MR) is 81.0 cm³/mol. The van der Waals surface area contributed by atoms with E-state index in [1.807, 2.05) is 31.4 Å². The molecule has 0 radical (unpaired) electrons. The van der Waals surface area contributed by atoms with Crippen molar-refractivity contribution in [2.45, 2.75) is 33.4 Å². The standard InChI is InChI=1S/C15H17N3O2S/c1-9(15-10(2)18-20-11(15)3)16-8-14-17-7-12(19-14)13-5-4-6-21-13/h4-7,9,16H,8H2,1-3H3/t9-/m1/s1. The number of rotatable bonds is 5. The van der Waals surface area contributed by atoms with Crippen LogP contribution in [0, 0.1) is 13.8 Å². The van der Waals surface area contributed by atoms with Gasteiger partial charge < -0.3 is 14.3 Å². The molecule has 3 rings (SSSR count). The third-order valence-electron chi connectivity index (χ3n) is 3.40. The topological polar surface area (TPSA) is 64.1 Å². The lowest BCUT2D eigenvalue weighted by molar-refractivity contribution is 0.389. The van der Waals surface area contributed by atoms with E-state index in [2.05, 4.69) is 22.4 Å². The summed E-state index contributed by atoms with van der Waals surface area (Å²) in [5, 5.41) is 9.39. The Morgan fingerprint density at radius 3 is 2.90 bits per heavy atom. The highest BCUT2D eigenvalue weighted by Gasteiger charge is 2.16. The summed E-state index contributed by atoms with van der Waals surface area (Å²) in [6.07, 6.45) is 1.77. The van der Waals surface area contributed by atoms with Crippen LogP contribution >= 0.6 is 11.3 Å². The molecule has 6 heteroatoms. The highest BCUT2D eigenvalue weighted by molar-refractivity contribution is 7.13. The van der Waals surface area contributed by atoms with Gasteiger partial charge in [0.1, 0.15) is 5.76 Å². The van der Waals surface area contributed by atoms with Crippen LogP contribution in [0.1, 0.15) is 35.9 Å². The van der Waals surface area contributed by atoms with Gasteiger partial charge in [0.05, 0.1) is 23.3 Å². The number of nitrogens with one attached hydrogen (secondary N) is 1. The van der Waals surface area contributed by atoms with Crippen molar-refractivity contribution in [3.05, 3.63) is 46.6 Å². The molecule has 0 aliphatic carbocycles. The Morgan fingerprint density at radius 2 is 2.24 bits per heavy atom. The number of hydrogen-bond acceptors (Lipinski definition) is 6. The number of thiophene rings is 1. The molecule has 0 fully saturated rings. The van der Waals surface area contributed by atoms with Gasteiger partial charge in [0.25, 0.3) is 0 Å². The minimum absolute atomic E-state index is 0.133. The molecule has 0 aromatic carbocycles. The molecule has 0 unspecified atom stereocenters. The Morgan fingerprint density at radius 1 is 1.38 bits per heavy atom. The van der Waals surface area contributed by atoms with E-state index < -0.39 is 0 Å². The minimum atomic E-state index is 0.133. The van der Waals surface area contributed by atoms with E-state index in [-0.39, 0.29) is 6.04 Å². The van der Waals surface area contributed by atoms with Crippen LogP contribution in [0.15, 0.2) is 32.6 Å². The van der Waals surface area contributed by atoms with Gasteiger partial charge in [0.2, 0.25) is 5.89 Å². The molecule has 110 valence electrons. The summed E-state index contributed by atoms with van der Waals surface area (Å²) in [4.78, 5) is 5.40. The van der Waals surface area contributed by atoms with Gasteiger partial charge >= 0.3 is 0 Å². The Kier molecular flexibility index (Phi) is 3.90. The van der Waals surface area contributed by atoms with Crippen LogP contribution in [0.3, 0.4) is 0 Å². The maximum absolute atomic E-state index is 5.75. The molecule has 0 saturated heterocycles. The zero-order valence-electron chi connectivity index (χ0n) is 12.2. The van der Waals surface area contributed by atoms with E-state index in [9.17, 15) is 0 Å². The molecular formula is C15H17N3O2S. The smallest absolute Gasteiger partial charge is 0.208 e. The zero-order valence-corrected chi connectivity index (χ0v) is 13.0. The zero-order chi connectivity index (χ0) is 14.8. The van der Waals surface area contributed by atoms with Gasteiger partial charge in [-0.1, -0.05) is 11.2 Å². The number of nitrogens with zero attached hydrogens (tertiary/aromatic N) is 2. The molecule has 0 aliphatic heterocycles. The van der Waals surface area contributed by atoms with Gasteiger partial charge in [0.15, 0.2) is 5.76 Å². The summed E-state index contributed by atoms with van der Waals surface area (Å²) in [5.74, 6) is 2.34. The average molecular weight is 303 g/mol. The first kappa shape index (κ1) is 14.0. The molecule has 0 saturated carbocycles. The van der Waals surface area contributed by atoms with E-state index in [0.29, 0.717) is 12.4 Å². The second kappa shape index (κ2) is 5.83. The number of aryl methyl sites for hydroxylation is 2. The van der Waals surface area contributed by atoms with Crippen molar-refractivity contribution in [2.75, 3.05) is 0 Å². The normalized spacial score (nSPS) is 12.7. The first-order valence-electron chi connectivity index (χ1n) is 6.80. The quantitative estimate of drug-likeness (QED) is 0.775. The van der Waals surface area contributed by atoms with Gasteiger partial charge in [-0.25, -0.2) is 4.98 Å². The van der Waals surface area contributed by atoms with Crippen molar-refractivity contribution in [1.82, 2.24) is 15.5 Å². The minimum Gasteiger partial charge on any atom is -0.438 e. The van der Waals surface area contributed by atoms with Crippen molar-refractivity contribution >= 4 is 11.3 Å². The van der Waals surface area contributed by atoms with Crippen LogP contribution in [-0.2, 0) is 6.54 Å². The molecule has 3 heterocycles.